The van der Waals surface area contributed by atoms with E-state index in [0.29, 0.717) is 29.6 Å². The molecule has 21 heavy (non-hydrogen) atoms. The normalized spacial score (nSPS) is 16.9. The van der Waals surface area contributed by atoms with Gasteiger partial charge in [0.2, 0.25) is 6.41 Å². The molecule has 0 aliphatic heterocycles. The van der Waals surface area contributed by atoms with Gasteiger partial charge >= 0.3 is 0 Å². The Morgan fingerprint density at radius 2 is 2.19 bits per heavy atom. The fourth-order valence-electron chi connectivity index (χ4n) is 2.08. The molecule has 0 saturated heterocycles. The van der Waals surface area contributed by atoms with E-state index in [0.717, 1.165) is 12.8 Å². The highest BCUT2D eigenvalue weighted by molar-refractivity contribution is 6.33. The van der Waals surface area contributed by atoms with Crippen LogP contribution in [0.5, 0.6) is 0 Å². The second-order valence-corrected chi connectivity index (χ2v) is 5.75. The number of hydrogen-bond acceptors (Lipinski definition) is 3. The van der Waals surface area contributed by atoms with Gasteiger partial charge in [0.05, 0.1) is 16.8 Å². The van der Waals surface area contributed by atoms with E-state index in [-0.39, 0.29) is 0 Å². The Labute approximate surface area is 128 Å². The number of anilines is 1. The Hall–Kier alpha value is -1.59. The number of benzene rings is 1. The smallest absolute Gasteiger partial charge is 0.251 e. The quantitative estimate of drug-likeness (QED) is 0.751. The van der Waals surface area contributed by atoms with E-state index in [9.17, 15) is 14.7 Å². The largest absolute Gasteiger partial charge is 0.381 e. The third-order valence-electron chi connectivity index (χ3n) is 3.67. The van der Waals surface area contributed by atoms with Gasteiger partial charge in [-0.3, -0.25) is 9.59 Å². The number of carbonyl (C=O) groups excluding carboxylic acids is 2. The Bertz CT molecular complexity index is 519. The van der Waals surface area contributed by atoms with Crippen LogP contribution < -0.4 is 10.2 Å². The van der Waals surface area contributed by atoms with Gasteiger partial charge in [-0.2, -0.15) is 0 Å². The minimum atomic E-state index is -1.30. The molecular weight excluding hydrogens is 292 g/mol. The number of aliphatic hydroxyl groups excluding tert-OH is 1. The average molecular weight is 311 g/mol. The third kappa shape index (κ3) is 3.95. The fraction of sp³-hybridized carbons (Fsp3) is 0.467. The van der Waals surface area contributed by atoms with Crippen molar-refractivity contribution in [2.75, 3.05) is 11.4 Å². The van der Waals surface area contributed by atoms with Gasteiger partial charge < -0.3 is 15.3 Å². The van der Waals surface area contributed by atoms with Crippen molar-refractivity contribution >= 4 is 29.6 Å². The van der Waals surface area contributed by atoms with Gasteiger partial charge in [0.15, 0.2) is 6.10 Å². The SMILES string of the molecule is CC(C(O)C(=O)NCC1CC1)N(C=O)c1ccccc1Cl. The van der Waals surface area contributed by atoms with Crippen molar-refractivity contribution in [3.63, 3.8) is 0 Å². The van der Waals surface area contributed by atoms with Crippen LogP contribution in [0.25, 0.3) is 0 Å². The zero-order chi connectivity index (χ0) is 15.4. The zero-order valence-corrected chi connectivity index (χ0v) is 12.6. The van der Waals surface area contributed by atoms with Gasteiger partial charge in [-0.1, -0.05) is 23.7 Å². The summed E-state index contributed by atoms with van der Waals surface area (Å²) in [4.78, 5) is 24.5. The number of nitrogens with zero attached hydrogens (tertiary/aromatic N) is 1. The lowest BCUT2D eigenvalue weighted by molar-refractivity contribution is -0.130. The topological polar surface area (TPSA) is 69.6 Å². The lowest BCUT2D eigenvalue weighted by atomic mass is 10.1. The van der Waals surface area contributed by atoms with Crippen LogP contribution in [0.2, 0.25) is 5.02 Å². The molecule has 1 aromatic carbocycles. The summed E-state index contributed by atoms with van der Waals surface area (Å²) in [5.41, 5.74) is 0.468. The molecule has 2 atom stereocenters. The molecule has 0 bridgehead atoms. The van der Waals surface area contributed by atoms with Crippen LogP contribution in [0.4, 0.5) is 5.69 Å². The Morgan fingerprint density at radius 1 is 1.52 bits per heavy atom. The Balaban J connectivity index is 2.04. The monoisotopic (exact) mass is 310 g/mol. The van der Waals surface area contributed by atoms with Crippen molar-refractivity contribution in [1.29, 1.82) is 0 Å². The van der Waals surface area contributed by atoms with E-state index in [1.165, 1.54) is 4.90 Å². The van der Waals surface area contributed by atoms with E-state index in [1.54, 1.807) is 31.2 Å². The predicted molar refractivity (Wildman–Crippen MR) is 81.2 cm³/mol. The van der Waals surface area contributed by atoms with Crippen LogP contribution >= 0.6 is 11.6 Å². The summed E-state index contributed by atoms with van der Waals surface area (Å²) >= 11 is 6.05. The predicted octanol–water partition coefficient (Wildman–Crippen LogP) is 1.58. The van der Waals surface area contributed by atoms with Gasteiger partial charge in [0, 0.05) is 6.54 Å². The summed E-state index contributed by atoms with van der Waals surface area (Å²) in [7, 11) is 0. The molecule has 1 saturated carbocycles. The number of hydrogen-bond donors (Lipinski definition) is 2. The van der Waals surface area contributed by atoms with E-state index < -0.39 is 18.1 Å². The molecule has 2 rings (SSSR count). The maximum absolute atomic E-state index is 11.9. The van der Waals surface area contributed by atoms with E-state index in [2.05, 4.69) is 5.32 Å². The van der Waals surface area contributed by atoms with Crippen LogP contribution in [-0.2, 0) is 9.59 Å². The molecule has 2 N–H and O–H groups in total. The first-order valence-corrected chi connectivity index (χ1v) is 7.36. The molecule has 1 aliphatic carbocycles. The summed E-state index contributed by atoms with van der Waals surface area (Å²) in [5, 5.41) is 13.2. The van der Waals surface area contributed by atoms with Crippen molar-refractivity contribution in [3.8, 4) is 0 Å². The van der Waals surface area contributed by atoms with E-state index in [4.69, 9.17) is 11.6 Å². The number of halogens is 1. The molecule has 5 nitrogen and oxygen atoms in total. The summed E-state index contributed by atoms with van der Waals surface area (Å²) in [6.07, 6.45) is 1.51. The van der Waals surface area contributed by atoms with Gasteiger partial charge in [-0.25, -0.2) is 0 Å². The minimum Gasteiger partial charge on any atom is -0.381 e. The second kappa shape index (κ2) is 6.91. The molecular formula is C15H19ClN2O3. The Morgan fingerprint density at radius 3 is 2.76 bits per heavy atom. The zero-order valence-electron chi connectivity index (χ0n) is 11.8. The molecule has 0 spiro atoms. The van der Waals surface area contributed by atoms with Crippen LogP contribution in [0.1, 0.15) is 19.8 Å². The Kier molecular flexibility index (Phi) is 5.20. The summed E-state index contributed by atoms with van der Waals surface area (Å²) in [5.74, 6) is 0.0653. The summed E-state index contributed by atoms with van der Waals surface area (Å²) in [6, 6.07) is 6.10. The van der Waals surface area contributed by atoms with E-state index >= 15 is 0 Å². The number of nitrogens with one attached hydrogen (secondary N) is 1. The molecule has 1 fully saturated rings. The number of carbonyl (C=O) groups is 2. The lowest BCUT2D eigenvalue weighted by Crippen LogP contribution is -2.49. The van der Waals surface area contributed by atoms with Gasteiger partial charge in [-0.15, -0.1) is 0 Å². The summed E-state index contributed by atoms with van der Waals surface area (Å²) in [6.45, 7) is 2.19. The maximum atomic E-state index is 11.9. The van der Waals surface area contributed by atoms with Crippen molar-refractivity contribution in [2.45, 2.75) is 31.9 Å². The average Bonchev–Trinajstić information content (AvgIpc) is 3.30. The first-order chi connectivity index (χ1) is 10.0. The van der Waals surface area contributed by atoms with Crippen LogP contribution in [0.15, 0.2) is 24.3 Å². The molecule has 2 amide bonds. The number of aliphatic hydroxyl groups is 1. The molecule has 6 heteroatoms. The van der Waals surface area contributed by atoms with Crippen LogP contribution in [0, 0.1) is 5.92 Å². The molecule has 114 valence electrons. The lowest BCUT2D eigenvalue weighted by Gasteiger charge is -2.29. The first-order valence-electron chi connectivity index (χ1n) is 6.98. The minimum absolute atomic E-state index is 0.391. The highest BCUT2D eigenvalue weighted by Gasteiger charge is 2.30. The maximum Gasteiger partial charge on any atom is 0.251 e. The molecule has 0 aromatic heterocycles. The first kappa shape index (κ1) is 15.8. The fourth-order valence-corrected chi connectivity index (χ4v) is 2.31. The van der Waals surface area contributed by atoms with Crippen molar-refractivity contribution < 1.29 is 14.7 Å². The van der Waals surface area contributed by atoms with Crippen molar-refractivity contribution in [2.24, 2.45) is 5.92 Å². The third-order valence-corrected chi connectivity index (χ3v) is 3.99. The van der Waals surface area contributed by atoms with Gasteiger partial charge in [0.25, 0.3) is 5.91 Å². The van der Waals surface area contributed by atoms with Crippen LogP contribution in [0.3, 0.4) is 0 Å². The summed E-state index contributed by atoms with van der Waals surface area (Å²) < 4.78 is 0. The molecule has 0 radical (unpaired) electrons. The molecule has 1 aromatic rings. The highest BCUT2D eigenvalue weighted by Crippen LogP contribution is 2.28. The molecule has 0 heterocycles. The van der Waals surface area contributed by atoms with Gasteiger partial charge in [-0.05, 0) is 37.8 Å². The van der Waals surface area contributed by atoms with Crippen molar-refractivity contribution in [1.82, 2.24) is 5.32 Å². The van der Waals surface area contributed by atoms with Gasteiger partial charge in [0.1, 0.15) is 0 Å². The number of para-hydroxylation sites is 1. The second-order valence-electron chi connectivity index (χ2n) is 5.34. The molecule has 2 unspecified atom stereocenters. The number of rotatable bonds is 7. The van der Waals surface area contributed by atoms with Crippen molar-refractivity contribution in [3.05, 3.63) is 29.3 Å². The van der Waals surface area contributed by atoms with Crippen LogP contribution in [-0.4, -0.2) is 36.1 Å². The standard InChI is InChI=1S/C15H19ClN2O3/c1-10(14(20)15(21)17-8-11-6-7-11)18(9-19)13-5-3-2-4-12(13)16/h2-5,9-11,14,20H,6-8H2,1H3,(H,17,21). The number of amides is 2. The molecule has 1 aliphatic rings. The highest BCUT2D eigenvalue weighted by atomic mass is 35.5. The van der Waals surface area contributed by atoms with E-state index in [1.807, 2.05) is 0 Å².